The average molecular weight is 388 g/mol. The lowest BCUT2D eigenvalue weighted by Crippen LogP contribution is -2.52. The van der Waals surface area contributed by atoms with Crippen molar-refractivity contribution in [2.75, 3.05) is 0 Å². The molecule has 0 atom stereocenters. The standard InChI is InChI=1S/C22H26ClNO3/c1-13-3-2-4-16(23)17(13)19-18(20(27-24-19)14-5-6-14)22(26)11-21(12-22)9-7-15(25)8-10-21/h2-4,14-15,25-26H,5-12H2,1H3. The molecule has 5 rings (SSSR count). The minimum absolute atomic E-state index is 0.152. The monoisotopic (exact) mass is 387 g/mol. The van der Waals surface area contributed by atoms with E-state index in [4.69, 9.17) is 16.1 Å². The minimum atomic E-state index is -0.902. The number of rotatable bonds is 3. The topological polar surface area (TPSA) is 66.5 Å². The third kappa shape index (κ3) is 2.84. The molecular weight excluding hydrogens is 362 g/mol. The highest BCUT2D eigenvalue weighted by Crippen LogP contribution is 2.63. The summed E-state index contributed by atoms with van der Waals surface area (Å²) in [6, 6.07) is 5.82. The fourth-order valence-corrected chi connectivity index (χ4v) is 5.72. The zero-order chi connectivity index (χ0) is 18.8. The molecule has 0 bridgehead atoms. The Balaban J connectivity index is 1.55. The molecule has 3 aliphatic rings. The van der Waals surface area contributed by atoms with Crippen LogP contribution < -0.4 is 0 Å². The minimum Gasteiger partial charge on any atom is -0.393 e. The molecule has 3 fully saturated rings. The molecule has 2 N–H and O–H groups in total. The molecule has 1 heterocycles. The predicted octanol–water partition coefficient (Wildman–Crippen LogP) is 5.08. The molecule has 0 aliphatic heterocycles. The predicted molar refractivity (Wildman–Crippen MR) is 104 cm³/mol. The molecule has 4 nitrogen and oxygen atoms in total. The number of halogens is 1. The zero-order valence-corrected chi connectivity index (χ0v) is 16.4. The molecule has 0 unspecified atom stereocenters. The van der Waals surface area contributed by atoms with Gasteiger partial charge in [-0.15, -0.1) is 0 Å². The first-order chi connectivity index (χ1) is 12.9. The maximum absolute atomic E-state index is 11.6. The number of benzene rings is 1. The SMILES string of the molecule is Cc1cccc(Cl)c1-c1noc(C2CC2)c1C1(O)CC2(CCC(O)CC2)C1. The van der Waals surface area contributed by atoms with Crippen molar-refractivity contribution < 1.29 is 14.7 Å². The molecular formula is C22H26ClNO3. The van der Waals surface area contributed by atoms with Gasteiger partial charge in [-0.05, 0) is 75.3 Å². The van der Waals surface area contributed by atoms with Gasteiger partial charge < -0.3 is 14.7 Å². The Morgan fingerprint density at radius 2 is 1.85 bits per heavy atom. The normalized spacial score (nSPS) is 33.3. The van der Waals surface area contributed by atoms with Crippen LogP contribution in [0.25, 0.3) is 11.3 Å². The first-order valence-corrected chi connectivity index (χ1v) is 10.4. The van der Waals surface area contributed by atoms with Crippen LogP contribution in [-0.4, -0.2) is 21.5 Å². The highest BCUT2D eigenvalue weighted by atomic mass is 35.5. The van der Waals surface area contributed by atoms with Crippen molar-refractivity contribution in [1.29, 1.82) is 0 Å². The van der Waals surface area contributed by atoms with E-state index in [1.165, 1.54) is 0 Å². The van der Waals surface area contributed by atoms with Crippen LogP contribution in [0.1, 0.15) is 74.2 Å². The lowest BCUT2D eigenvalue weighted by Gasteiger charge is -2.56. The van der Waals surface area contributed by atoms with Crippen molar-refractivity contribution in [3.63, 3.8) is 0 Å². The van der Waals surface area contributed by atoms with Gasteiger partial charge >= 0.3 is 0 Å². The smallest absolute Gasteiger partial charge is 0.146 e. The highest BCUT2D eigenvalue weighted by molar-refractivity contribution is 6.33. The van der Waals surface area contributed by atoms with Crippen molar-refractivity contribution in [1.82, 2.24) is 5.16 Å². The van der Waals surface area contributed by atoms with Gasteiger partial charge in [-0.2, -0.15) is 0 Å². The Labute approximate surface area is 164 Å². The van der Waals surface area contributed by atoms with Crippen LogP contribution in [0.4, 0.5) is 0 Å². The summed E-state index contributed by atoms with van der Waals surface area (Å²) in [5.74, 6) is 1.23. The number of hydrogen-bond acceptors (Lipinski definition) is 4. The van der Waals surface area contributed by atoms with Crippen LogP contribution in [0.5, 0.6) is 0 Å². The quantitative estimate of drug-likeness (QED) is 0.770. The Morgan fingerprint density at radius 1 is 1.15 bits per heavy atom. The van der Waals surface area contributed by atoms with Crippen molar-refractivity contribution in [2.24, 2.45) is 5.41 Å². The number of hydrogen-bond donors (Lipinski definition) is 2. The summed E-state index contributed by atoms with van der Waals surface area (Å²) in [7, 11) is 0. The fourth-order valence-electron chi connectivity index (χ4n) is 5.41. The van der Waals surface area contributed by atoms with Gasteiger partial charge in [0, 0.05) is 11.5 Å². The van der Waals surface area contributed by atoms with Gasteiger partial charge in [0.05, 0.1) is 22.3 Å². The molecule has 144 valence electrons. The summed E-state index contributed by atoms with van der Waals surface area (Å²) < 4.78 is 5.79. The lowest BCUT2D eigenvalue weighted by molar-refractivity contribution is -0.158. The van der Waals surface area contributed by atoms with Gasteiger partial charge in [-0.25, -0.2) is 0 Å². The van der Waals surface area contributed by atoms with E-state index in [1.807, 2.05) is 25.1 Å². The number of aliphatic hydroxyl groups is 2. The van der Waals surface area contributed by atoms with Crippen LogP contribution >= 0.6 is 11.6 Å². The van der Waals surface area contributed by atoms with Crippen molar-refractivity contribution in [3.8, 4) is 11.3 Å². The lowest BCUT2D eigenvalue weighted by atomic mass is 9.51. The maximum Gasteiger partial charge on any atom is 0.146 e. The summed E-state index contributed by atoms with van der Waals surface area (Å²) in [4.78, 5) is 0. The second-order valence-corrected chi connectivity index (χ2v) is 9.50. The molecule has 27 heavy (non-hydrogen) atoms. The van der Waals surface area contributed by atoms with Gasteiger partial charge in [0.15, 0.2) is 0 Å². The van der Waals surface area contributed by atoms with Crippen LogP contribution in [0.3, 0.4) is 0 Å². The Bertz CT molecular complexity index is 849. The molecule has 5 heteroatoms. The van der Waals surface area contributed by atoms with E-state index in [-0.39, 0.29) is 11.5 Å². The van der Waals surface area contributed by atoms with Gasteiger partial charge in [-0.1, -0.05) is 28.9 Å². The summed E-state index contributed by atoms with van der Waals surface area (Å²) in [5.41, 5.74) is 2.75. The fraction of sp³-hybridized carbons (Fsp3) is 0.591. The molecule has 3 aliphatic carbocycles. The Hall–Kier alpha value is -1.36. The largest absolute Gasteiger partial charge is 0.393 e. The van der Waals surface area contributed by atoms with Crippen molar-refractivity contribution >= 4 is 11.6 Å². The van der Waals surface area contributed by atoms with E-state index in [2.05, 4.69) is 5.16 Å². The van der Waals surface area contributed by atoms with E-state index in [0.717, 1.165) is 73.8 Å². The summed E-state index contributed by atoms with van der Waals surface area (Å²) in [5, 5.41) is 26.5. The summed E-state index contributed by atoms with van der Waals surface area (Å²) in [6.45, 7) is 2.02. The first-order valence-electron chi connectivity index (χ1n) is 10.1. The van der Waals surface area contributed by atoms with Gasteiger partial charge in [0.2, 0.25) is 0 Å². The molecule has 3 saturated carbocycles. The number of aliphatic hydroxyl groups excluding tert-OH is 1. The number of nitrogens with zero attached hydrogens (tertiary/aromatic N) is 1. The van der Waals surface area contributed by atoms with E-state index < -0.39 is 5.60 Å². The first kappa shape index (κ1) is 17.7. The van der Waals surface area contributed by atoms with E-state index in [1.54, 1.807) is 0 Å². The highest BCUT2D eigenvalue weighted by Gasteiger charge is 2.58. The number of aromatic nitrogens is 1. The van der Waals surface area contributed by atoms with Crippen LogP contribution in [0.2, 0.25) is 5.02 Å². The third-order valence-corrected chi connectivity index (χ3v) is 7.26. The van der Waals surface area contributed by atoms with Gasteiger partial charge in [0.25, 0.3) is 0 Å². The van der Waals surface area contributed by atoms with Crippen LogP contribution in [-0.2, 0) is 5.60 Å². The molecule has 1 spiro atoms. The third-order valence-electron chi connectivity index (χ3n) is 6.94. The molecule has 0 saturated heterocycles. The summed E-state index contributed by atoms with van der Waals surface area (Å²) >= 11 is 6.52. The van der Waals surface area contributed by atoms with Gasteiger partial charge in [-0.3, -0.25) is 0 Å². The Kier molecular flexibility index (Phi) is 3.98. The van der Waals surface area contributed by atoms with E-state index in [9.17, 15) is 10.2 Å². The zero-order valence-electron chi connectivity index (χ0n) is 15.7. The second-order valence-electron chi connectivity index (χ2n) is 9.09. The molecule has 1 aromatic carbocycles. The molecule has 1 aromatic heterocycles. The molecule has 0 amide bonds. The Morgan fingerprint density at radius 3 is 2.48 bits per heavy atom. The van der Waals surface area contributed by atoms with Crippen LogP contribution in [0, 0.1) is 12.3 Å². The average Bonchev–Trinajstić information content (AvgIpc) is 3.36. The van der Waals surface area contributed by atoms with Crippen molar-refractivity contribution in [2.45, 2.75) is 75.9 Å². The van der Waals surface area contributed by atoms with Crippen molar-refractivity contribution in [3.05, 3.63) is 40.1 Å². The summed E-state index contributed by atoms with van der Waals surface area (Å²) in [6.07, 6.45) is 7.11. The second kappa shape index (κ2) is 6.07. The number of aryl methyl sites for hydroxylation is 1. The maximum atomic E-state index is 11.6. The van der Waals surface area contributed by atoms with Crippen LogP contribution in [0.15, 0.2) is 22.7 Å². The van der Waals surface area contributed by atoms with Gasteiger partial charge in [0.1, 0.15) is 11.5 Å². The van der Waals surface area contributed by atoms with E-state index >= 15 is 0 Å². The molecule has 2 aromatic rings. The van der Waals surface area contributed by atoms with E-state index in [0.29, 0.717) is 16.6 Å². The molecule has 0 radical (unpaired) electrons.